The summed E-state index contributed by atoms with van der Waals surface area (Å²) in [5, 5.41) is 3.19. The van der Waals surface area contributed by atoms with Crippen LogP contribution in [0.25, 0.3) is 5.57 Å². The van der Waals surface area contributed by atoms with Crippen LogP contribution in [0.15, 0.2) is 54.2 Å². The molecule has 2 amide bonds. The lowest BCUT2D eigenvalue weighted by atomic mass is 9.87. The molecule has 1 N–H and O–H groups in total. The van der Waals surface area contributed by atoms with E-state index in [1.807, 2.05) is 62.4 Å². The van der Waals surface area contributed by atoms with Gasteiger partial charge in [-0.25, -0.2) is 0 Å². The highest BCUT2D eigenvalue weighted by Gasteiger charge is 2.38. The largest absolute Gasteiger partial charge is 0.350 e. The highest BCUT2D eigenvalue weighted by molar-refractivity contribution is 6.36. The van der Waals surface area contributed by atoms with Crippen molar-refractivity contribution in [1.82, 2.24) is 4.90 Å². The molecule has 0 atom stereocenters. The van der Waals surface area contributed by atoms with Gasteiger partial charge in [0.25, 0.3) is 11.8 Å². The van der Waals surface area contributed by atoms with Crippen molar-refractivity contribution in [3.63, 3.8) is 0 Å². The number of carbonyl (C=O) groups is 2. The first-order chi connectivity index (χ1) is 12.7. The lowest BCUT2D eigenvalue weighted by Crippen LogP contribution is -2.32. The Labute approximate surface area is 160 Å². The second-order valence-corrected chi connectivity index (χ2v) is 7.92. The van der Waals surface area contributed by atoms with Gasteiger partial charge >= 0.3 is 0 Å². The van der Waals surface area contributed by atoms with Crippen molar-refractivity contribution in [2.75, 3.05) is 11.9 Å². The van der Waals surface area contributed by atoms with Crippen molar-refractivity contribution in [3.8, 4) is 0 Å². The van der Waals surface area contributed by atoms with E-state index in [9.17, 15) is 9.59 Å². The molecular weight excluding hydrogens is 336 g/mol. The first kappa shape index (κ1) is 18.9. The molecule has 2 aromatic carbocycles. The third-order valence-corrected chi connectivity index (χ3v) is 4.84. The lowest BCUT2D eigenvalue weighted by molar-refractivity contribution is -0.136. The zero-order valence-electron chi connectivity index (χ0n) is 16.6. The molecule has 0 aliphatic carbocycles. The molecule has 0 bridgehead atoms. The van der Waals surface area contributed by atoms with Gasteiger partial charge in [0.2, 0.25) is 0 Å². The fraction of sp³-hybridized carbons (Fsp3) is 0.304. The number of nitrogens with one attached hydrogen (secondary N) is 1. The standard InChI is InChI=1S/C23H26N2O2/c1-6-25-21(26)19(16-9-7-15(2)8-10-16)20(22(25)27)24-18-13-11-17(12-14-18)23(3,4)5/h7-14,24H,6H2,1-5H3. The number of benzene rings is 2. The number of aryl methyl sites for hydroxylation is 1. The first-order valence-corrected chi connectivity index (χ1v) is 9.27. The zero-order chi connectivity index (χ0) is 19.8. The van der Waals surface area contributed by atoms with Gasteiger partial charge in [-0.1, -0.05) is 62.7 Å². The van der Waals surface area contributed by atoms with E-state index in [0.29, 0.717) is 17.8 Å². The summed E-state index contributed by atoms with van der Waals surface area (Å²) in [5.41, 5.74) is 4.70. The lowest BCUT2D eigenvalue weighted by Gasteiger charge is -2.19. The Bertz CT molecular complexity index is 901. The molecule has 140 valence electrons. The summed E-state index contributed by atoms with van der Waals surface area (Å²) in [7, 11) is 0. The highest BCUT2D eigenvalue weighted by atomic mass is 16.2. The molecule has 3 rings (SSSR count). The molecule has 2 aromatic rings. The second-order valence-electron chi connectivity index (χ2n) is 7.92. The van der Waals surface area contributed by atoms with E-state index in [1.54, 1.807) is 0 Å². The number of hydrogen-bond acceptors (Lipinski definition) is 3. The van der Waals surface area contributed by atoms with Crippen molar-refractivity contribution in [2.24, 2.45) is 0 Å². The quantitative estimate of drug-likeness (QED) is 0.815. The van der Waals surface area contributed by atoms with E-state index in [-0.39, 0.29) is 17.2 Å². The number of anilines is 1. The van der Waals surface area contributed by atoms with Gasteiger partial charge in [-0.05, 0) is 42.5 Å². The minimum absolute atomic E-state index is 0.0585. The molecule has 1 aliphatic rings. The van der Waals surface area contributed by atoms with Gasteiger partial charge in [0.1, 0.15) is 5.70 Å². The maximum absolute atomic E-state index is 12.8. The van der Waals surface area contributed by atoms with Crippen molar-refractivity contribution >= 4 is 23.1 Å². The number of imide groups is 1. The minimum atomic E-state index is -0.280. The SMILES string of the molecule is CCN1C(=O)C(Nc2ccc(C(C)(C)C)cc2)=C(c2ccc(C)cc2)C1=O. The van der Waals surface area contributed by atoms with Crippen LogP contribution in [-0.4, -0.2) is 23.3 Å². The average Bonchev–Trinajstić information content (AvgIpc) is 2.85. The summed E-state index contributed by atoms with van der Waals surface area (Å²) in [6.45, 7) is 10.6. The molecule has 4 nitrogen and oxygen atoms in total. The third kappa shape index (κ3) is 3.65. The van der Waals surface area contributed by atoms with Crippen LogP contribution in [0.4, 0.5) is 5.69 Å². The molecule has 27 heavy (non-hydrogen) atoms. The Morgan fingerprint density at radius 1 is 0.889 bits per heavy atom. The fourth-order valence-corrected chi connectivity index (χ4v) is 3.17. The summed E-state index contributed by atoms with van der Waals surface area (Å²) in [5.74, 6) is -0.530. The summed E-state index contributed by atoms with van der Waals surface area (Å²) < 4.78 is 0. The number of likely N-dealkylation sites (N-methyl/N-ethyl adjacent to an activating group) is 1. The van der Waals surface area contributed by atoms with Crippen molar-refractivity contribution in [3.05, 3.63) is 70.9 Å². The summed E-state index contributed by atoms with van der Waals surface area (Å²) in [6, 6.07) is 15.7. The predicted molar refractivity (Wildman–Crippen MR) is 109 cm³/mol. The van der Waals surface area contributed by atoms with Gasteiger partial charge in [-0.3, -0.25) is 14.5 Å². The summed E-state index contributed by atoms with van der Waals surface area (Å²) >= 11 is 0. The van der Waals surface area contributed by atoms with Gasteiger partial charge in [-0.2, -0.15) is 0 Å². The van der Waals surface area contributed by atoms with Crippen LogP contribution in [0, 0.1) is 6.92 Å². The topological polar surface area (TPSA) is 49.4 Å². The van der Waals surface area contributed by atoms with Crippen LogP contribution in [0.2, 0.25) is 0 Å². The van der Waals surface area contributed by atoms with Gasteiger partial charge < -0.3 is 5.32 Å². The van der Waals surface area contributed by atoms with Gasteiger partial charge in [0, 0.05) is 12.2 Å². The number of hydrogen-bond donors (Lipinski definition) is 1. The molecule has 0 radical (unpaired) electrons. The van der Waals surface area contributed by atoms with E-state index in [4.69, 9.17) is 0 Å². The maximum Gasteiger partial charge on any atom is 0.278 e. The molecule has 0 fully saturated rings. The molecule has 1 aliphatic heterocycles. The monoisotopic (exact) mass is 362 g/mol. The van der Waals surface area contributed by atoms with Crippen molar-refractivity contribution in [1.29, 1.82) is 0 Å². The Kier molecular flexibility index (Phi) is 4.92. The second kappa shape index (κ2) is 7.03. The summed E-state index contributed by atoms with van der Waals surface area (Å²) in [4.78, 5) is 26.9. The van der Waals surface area contributed by atoms with E-state index >= 15 is 0 Å². The Morgan fingerprint density at radius 3 is 2.00 bits per heavy atom. The smallest absolute Gasteiger partial charge is 0.278 e. The first-order valence-electron chi connectivity index (χ1n) is 9.27. The Morgan fingerprint density at radius 2 is 1.48 bits per heavy atom. The zero-order valence-corrected chi connectivity index (χ0v) is 16.6. The molecule has 0 saturated heterocycles. The number of nitrogens with zero attached hydrogens (tertiary/aromatic N) is 1. The van der Waals surface area contributed by atoms with Crippen LogP contribution in [0.1, 0.15) is 44.4 Å². The van der Waals surface area contributed by atoms with E-state index in [1.165, 1.54) is 10.5 Å². The maximum atomic E-state index is 12.8. The number of amides is 2. The third-order valence-electron chi connectivity index (χ3n) is 4.84. The molecule has 0 aromatic heterocycles. The molecule has 4 heteroatoms. The van der Waals surface area contributed by atoms with Crippen LogP contribution in [0.5, 0.6) is 0 Å². The normalized spacial score (nSPS) is 14.9. The van der Waals surface area contributed by atoms with E-state index in [2.05, 4.69) is 26.1 Å². The molecule has 0 spiro atoms. The molecule has 0 unspecified atom stereocenters. The van der Waals surface area contributed by atoms with Gasteiger partial charge in [0.15, 0.2) is 0 Å². The summed E-state index contributed by atoms with van der Waals surface area (Å²) in [6.07, 6.45) is 0. The fourth-order valence-electron chi connectivity index (χ4n) is 3.17. The Balaban J connectivity index is 2.01. The van der Waals surface area contributed by atoms with Crippen LogP contribution in [0.3, 0.4) is 0 Å². The average molecular weight is 362 g/mol. The number of carbonyl (C=O) groups excluding carboxylic acids is 2. The molecule has 1 heterocycles. The van der Waals surface area contributed by atoms with Gasteiger partial charge in [0.05, 0.1) is 5.57 Å². The van der Waals surface area contributed by atoms with Crippen molar-refractivity contribution < 1.29 is 9.59 Å². The van der Waals surface area contributed by atoms with Crippen molar-refractivity contribution in [2.45, 2.75) is 40.0 Å². The minimum Gasteiger partial charge on any atom is -0.350 e. The van der Waals surface area contributed by atoms with E-state index in [0.717, 1.165) is 16.8 Å². The van der Waals surface area contributed by atoms with Crippen LogP contribution in [-0.2, 0) is 15.0 Å². The Hall–Kier alpha value is -2.88. The predicted octanol–water partition coefficient (Wildman–Crippen LogP) is 4.50. The van der Waals surface area contributed by atoms with Crippen LogP contribution >= 0.6 is 0 Å². The van der Waals surface area contributed by atoms with Crippen LogP contribution < -0.4 is 5.32 Å². The number of rotatable bonds is 4. The van der Waals surface area contributed by atoms with E-state index < -0.39 is 0 Å². The molecule has 0 saturated carbocycles. The highest BCUT2D eigenvalue weighted by Crippen LogP contribution is 2.31. The van der Waals surface area contributed by atoms with Gasteiger partial charge in [-0.15, -0.1) is 0 Å². The molecular formula is C23H26N2O2.